The zero-order valence-electron chi connectivity index (χ0n) is 17.1. The number of amides is 2. The molecule has 1 atom stereocenters. The van der Waals surface area contributed by atoms with Crippen LogP contribution in [0.3, 0.4) is 0 Å². The number of halogens is 1. The predicted molar refractivity (Wildman–Crippen MR) is 117 cm³/mol. The van der Waals surface area contributed by atoms with Gasteiger partial charge in [-0.2, -0.15) is 0 Å². The quantitative estimate of drug-likeness (QED) is 0.648. The molecule has 5 heteroatoms. The van der Waals surface area contributed by atoms with Gasteiger partial charge in [-0.15, -0.1) is 0 Å². The van der Waals surface area contributed by atoms with E-state index in [1.165, 1.54) is 5.56 Å². The van der Waals surface area contributed by atoms with Crippen molar-refractivity contribution >= 4 is 27.7 Å². The molecule has 0 aliphatic carbocycles. The monoisotopic (exact) mass is 444 g/mol. The molecule has 4 nitrogen and oxygen atoms in total. The molecule has 0 aliphatic heterocycles. The topological polar surface area (TPSA) is 49.4 Å². The van der Waals surface area contributed by atoms with Gasteiger partial charge in [-0.3, -0.25) is 9.59 Å². The highest BCUT2D eigenvalue weighted by Gasteiger charge is 2.26. The lowest BCUT2D eigenvalue weighted by molar-refractivity contribution is -0.140. The molecule has 2 amide bonds. The molecular weight excluding hydrogens is 416 g/mol. The molecule has 2 rings (SSSR count). The van der Waals surface area contributed by atoms with Crippen molar-refractivity contribution in [3.63, 3.8) is 0 Å². The van der Waals surface area contributed by atoms with Crippen LogP contribution >= 0.6 is 15.9 Å². The van der Waals surface area contributed by atoms with E-state index in [0.717, 1.165) is 27.6 Å². The van der Waals surface area contributed by atoms with Gasteiger partial charge in [0.05, 0.1) is 6.42 Å². The Morgan fingerprint density at radius 3 is 2.46 bits per heavy atom. The highest BCUT2D eigenvalue weighted by atomic mass is 79.9. The van der Waals surface area contributed by atoms with Crippen LogP contribution in [0, 0.1) is 13.8 Å². The first-order chi connectivity index (χ1) is 13.3. The van der Waals surface area contributed by atoms with Crippen LogP contribution in [0.4, 0.5) is 0 Å². The molecule has 0 bridgehead atoms. The number of nitrogens with zero attached hydrogens (tertiary/aromatic N) is 1. The fourth-order valence-electron chi connectivity index (χ4n) is 3.00. The van der Waals surface area contributed by atoms with Crippen LogP contribution in [0.2, 0.25) is 0 Å². The van der Waals surface area contributed by atoms with Gasteiger partial charge in [0.2, 0.25) is 11.8 Å². The Kier molecular flexibility index (Phi) is 8.24. The van der Waals surface area contributed by atoms with Crippen molar-refractivity contribution in [3.8, 4) is 0 Å². The molecule has 0 fully saturated rings. The van der Waals surface area contributed by atoms with Gasteiger partial charge in [0.15, 0.2) is 0 Å². The Morgan fingerprint density at radius 1 is 1.07 bits per heavy atom. The highest BCUT2D eigenvalue weighted by molar-refractivity contribution is 9.10. The molecule has 0 spiro atoms. The summed E-state index contributed by atoms with van der Waals surface area (Å²) in [4.78, 5) is 27.4. The van der Waals surface area contributed by atoms with Crippen molar-refractivity contribution in [1.82, 2.24) is 10.2 Å². The van der Waals surface area contributed by atoms with Crippen LogP contribution < -0.4 is 5.32 Å². The highest BCUT2D eigenvalue weighted by Crippen LogP contribution is 2.17. The lowest BCUT2D eigenvalue weighted by Gasteiger charge is -2.29. The average Bonchev–Trinajstić information content (AvgIpc) is 2.66. The van der Waals surface area contributed by atoms with Crippen LogP contribution in [0.5, 0.6) is 0 Å². The Morgan fingerprint density at radius 2 is 1.82 bits per heavy atom. The number of hydrogen-bond donors (Lipinski definition) is 1. The van der Waals surface area contributed by atoms with E-state index in [4.69, 9.17) is 0 Å². The summed E-state index contributed by atoms with van der Waals surface area (Å²) >= 11 is 3.48. The third-order valence-electron chi connectivity index (χ3n) is 4.89. The van der Waals surface area contributed by atoms with Crippen LogP contribution in [-0.2, 0) is 22.6 Å². The molecule has 1 N–H and O–H groups in total. The molecule has 0 aliphatic rings. The van der Waals surface area contributed by atoms with Crippen molar-refractivity contribution < 1.29 is 9.59 Å². The molecule has 0 saturated heterocycles. The molecule has 0 heterocycles. The maximum atomic E-state index is 13.2. The van der Waals surface area contributed by atoms with Crippen LogP contribution in [0.1, 0.15) is 42.5 Å². The number of carbonyl (C=O) groups excluding carboxylic acids is 2. The normalized spacial score (nSPS) is 11.8. The molecule has 0 saturated carbocycles. The van der Waals surface area contributed by atoms with E-state index in [-0.39, 0.29) is 18.2 Å². The molecule has 0 unspecified atom stereocenters. The van der Waals surface area contributed by atoms with Crippen LogP contribution in [0.25, 0.3) is 0 Å². The first-order valence-corrected chi connectivity index (χ1v) is 10.5. The SMILES string of the molecule is CCCNC(=O)[C@H](C)N(Cc1cccc(Br)c1)C(=O)Cc1ccc(C)c(C)c1. The van der Waals surface area contributed by atoms with Gasteiger partial charge in [-0.25, -0.2) is 0 Å². The third kappa shape index (κ3) is 6.20. The number of carbonyl (C=O) groups is 2. The second-order valence-corrected chi connectivity index (χ2v) is 8.13. The van der Waals surface area contributed by atoms with E-state index in [2.05, 4.69) is 28.2 Å². The predicted octanol–water partition coefficient (Wildman–Crippen LogP) is 4.55. The molecule has 2 aromatic rings. The summed E-state index contributed by atoms with van der Waals surface area (Å²) in [6.45, 7) is 8.91. The molecule has 0 aromatic heterocycles. The first kappa shape index (κ1) is 22.2. The Hall–Kier alpha value is -2.14. The number of aryl methyl sites for hydroxylation is 2. The van der Waals surface area contributed by atoms with E-state index >= 15 is 0 Å². The zero-order chi connectivity index (χ0) is 20.7. The number of nitrogens with one attached hydrogen (secondary N) is 1. The van der Waals surface area contributed by atoms with Gasteiger partial charge in [0, 0.05) is 17.6 Å². The van der Waals surface area contributed by atoms with Gasteiger partial charge >= 0.3 is 0 Å². The summed E-state index contributed by atoms with van der Waals surface area (Å²) in [7, 11) is 0. The number of rotatable bonds is 8. The van der Waals surface area contributed by atoms with Crippen molar-refractivity contribution in [2.24, 2.45) is 0 Å². The van der Waals surface area contributed by atoms with E-state index in [1.54, 1.807) is 11.8 Å². The van der Waals surface area contributed by atoms with Crippen molar-refractivity contribution in [3.05, 3.63) is 69.2 Å². The van der Waals surface area contributed by atoms with Gasteiger partial charge in [0.25, 0.3) is 0 Å². The van der Waals surface area contributed by atoms with E-state index < -0.39 is 6.04 Å². The minimum atomic E-state index is -0.537. The summed E-state index contributed by atoms with van der Waals surface area (Å²) in [6, 6.07) is 13.4. The average molecular weight is 445 g/mol. The lowest BCUT2D eigenvalue weighted by Crippen LogP contribution is -2.48. The van der Waals surface area contributed by atoms with Gasteiger partial charge in [-0.1, -0.05) is 53.2 Å². The van der Waals surface area contributed by atoms with Crippen molar-refractivity contribution in [1.29, 1.82) is 0 Å². The molecule has 28 heavy (non-hydrogen) atoms. The smallest absolute Gasteiger partial charge is 0.242 e. The van der Waals surface area contributed by atoms with Crippen LogP contribution in [-0.4, -0.2) is 29.3 Å². The van der Waals surface area contributed by atoms with Gasteiger partial charge in [0.1, 0.15) is 6.04 Å². The fraction of sp³-hybridized carbons (Fsp3) is 0.391. The third-order valence-corrected chi connectivity index (χ3v) is 5.38. The summed E-state index contributed by atoms with van der Waals surface area (Å²) < 4.78 is 0.953. The molecule has 0 radical (unpaired) electrons. The van der Waals surface area contributed by atoms with Crippen molar-refractivity contribution in [2.45, 2.75) is 53.1 Å². The number of benzene rings is 2. The van der Waals surface area contributed by atoms with E-state index in [1.807, 2.05) is 56.3 Å². The number of hydrogen-bond acceptors (Lipinski definition) is 2. The minimum Gasteiger partial charge on any atom is -0.354 e. The van der Waals surface area contributed by atoms with E-state index in [9.17, 15) is 9.59 Å². The molecule has 2 aromatic carbocycles. The van der Waals surface area contributed by atoms with Gasteiger partial charge in [-0.05, 0) is 61.6 Å². The Labute approximate surface area is 176 Å². The van der Waals surface area contributed by atoms with Gasteiger partial charge < -0.3 is 10.2 Å². The first-order valence-electron chi connectivity index (χ1n) is 9.69. The summed E-state index contributed by atoms with van der Waals surface area (Å²) in [5.74, 6) is -0.173. The lowest BCUT2D eigenvalue weighted by atomic mass is 10.0. The molecule has 150 valence electrons. The largest absolute Gasteiger partial charge is 0.354 e. The zero-order valence-corrected chi connectivity index (χ0v) is 18.7. The second kappa shape index (κ2) is 10.4. The molecular formula is C23H29BrN2O2. The Bertz CT molecular complexity index is 835. The summed E-state index contributed by atoms with van der Waals surface area (Å²) in [5.41, 5.74) is 4.32. The Balaban J connectivity index is 2.23. The maximum absolute atomic E-state index is 13.2. The summed E-state index contributed by atoms with van der Waals surface area (Å²) in [6.07, 6.45) is 1.14. The maximum Gasteiger partial charge on any atom is 0.242 e. The van der Waals surface area contributed by atoms with E-state index in [0.29, 0.717) is 13.1 Å². The van der Waals surface area contributed by atoms with Crippen LogP contribution in [0.15, 0.2) is 46.9 Å². The standard InChI is InChI=1S/C23H29BrN2O2/c1-5-11-25-23(28)18(4)26(15-20-7-6-8-21(24)13-20)22(27)14-19-10-9-16(2)17(3)12-19/h6-10,12-13,18H,5,11,14-15H2,1-4H3,(H,25,28)/t18-/m0/s1. The minimum absolute atomic E-state index is 0.0534. The summed E-state index contributed by atoms with van der Waals surface area (Å²) in [5, 5.41) is 2.90. The fourth-order valence-corrected chi connectivity index (χ4v) is 3.45. The van der Waals surface area contributed by atoms with Crippen molar-refractivity contribution in [2.75, 3.05) is 6.54 Å². The second-order valence-electron chi connectivity index (χ2n) is 7.21.